The number of aromatic nitrogens is 1. The van der Waals surface area contributed by atoms with Gasteiger partial charge in [-0.15, -0.1) is 0 Å². The minimum absolute atomic E-state index is 0.0600. The lowest BCUT2D eigenvalue weighted by Crippen LogP contribution is -1.95. The highest BCUT2D eigenvalue weighted by Gasteiger charge is 2.14. The Kier molecular flexibility index (Phi) is 3.85. The zero-order chi connectivity index (χ0) is 13.3. The maximum Gasteiger partial charge on any atom is 0.213 e. The molecular formula is C12H5Cl3FNO. The summed E-state index contributed by atoms with van der Waals surface area (Å²) in [6, 6.07) is 5.55. The van der Waals surface area contributed by atoms with E-state index in [1.54, 1.807) is 0 Å². The van der Waals surface area contributed by atoms with Gasteiger partial charge in [-0.2, -0.15) is 4.39 Å². The van der Waals surface area contributed by atoms with E-state index in [0.717, 1.165) is 6.07 Å². The summed E-state index contributed by atoms with van der Waals surface area (Å²) >= 11 is 17.8. The zero-order valence-corrected chi connectivity index (χ0v) is 11.0. The molecule has 0 aliphatic heterocycles. The molecule has 1 aromatic heterocycles. The molecule has 0 saturated heterocycles. The molecule has 2 rings (SSSR count). The van der Waals surface area contributed by atoms with Crippen LogP contribution in [0.4, 0.5) is 4.39 Å². The van der Waals surface area contributed by atoms with E-state index < -0.39 is 5.95 Å². The van der Waals surface area contributed by atoms with Crippen molar-refractivity contribution in [1.82, 2.24) is 4.98 Å². The number of benzene rings is 1. The minimum atomic E-state index is -0.745. The molecule has 92 valence electrons. The van der Waals surface area contributed by atoms with Crippen LogP contribution in [0.2, 0.25) is 15.1 Å². The first-order chi connectivity index (χ1) is 8.52. The van der Waals surface area contributed by atoms with Gasteiger partial charge in [0.2, 0.25) is 5.95 Å². The van der Waals surface area contributed by atoms with Crippen molar-refractivity contribution in [3.05, 3.63) is 51.0 Å². The fraction of sp³-hybridized carbons (Fsp3) is 0. The van der Waals surface area contributed by atoms with Gasteiger partial charge in [0.25, 0.3) is 0 Å². The van der Waals surface area contributed by atoms with Crippen molar-refractivity contribution in [2.45, 2.75) is 0 Å². The molecular weight excluding hydrogens is 299 g/mol. The summed E-state index contributed by atoms with van der Waals surface area (Å²) < 4.78 is 13.0. The van der Waals surface area contributed by atoms with Crippen LogP contribution in [0.1, 0.15) is 10.5 Å². The Morgan fingerprint density at radius 1 is 1.11 bits per heavy atom. The first kappa shape index (κ1) is 13.3. The zero-order valence-electron chi connectivity index (χ0n) is 8.75. The van der Waals surface area contributed by atoms with Crippen molar-refractivity contribution >= 4 is 41.1 Å². The molecule has 1 aromatic carbocycles. The van der Waals surface area contributed by atoms with Crippen molar-refractivity contribution in [3.8, 4) is 11.1 Å². The van der Waals surface area contributed by atoms with E-state index in [9.17, 15) is 9.18 Å². The molecule has 0 bridgehead atoms. The fourth-order valence-corrected chi connectivity index (χ4v) is 2.22. The van der Waals surface area contributed by atoms with E-state index in [1.807, 2.05) is 0 Å². The lowest BCUT2D eigenvalue weighted by atomic mass is 10.0. The number of carbonyl (C=O) groups excluding carboxylic acids is 1. The van der Waals surface area contributed by atoms with Gasteiger partial charge < -0.3 is 0 Å². The van der Waals surface area contributed by atoms with Crippen LogP contribution >= 0.6 is 34.8 Å². The molecule has 1 heterocycles. The molecule has 2 aromatic rings. The Labute approximate surface area is 117 Å². The van der Waals surface area contributed by atoms with Crippen LogP contribution < -0.4 is 0 Å². The standard InChI is InChI=1S/C12H5Cl3FNO/c13-6-3-8(12(15)9(14)4-6)7-1-2-11(16)17-10(7)5-18/h1-5H. The topological polar surface area (TPSA) is 30.0 Å². The van der Waals surface area contributed by atoms with Gasteiger partial charge >= 0.3 is 0 Å². The number of nitrogens with zero attached hydrogens (tertiary/aromatic N) is 1. The third-order valence-corrected chi connectivity index (χ3v) is 3.31. The fourth-order valence-electron chi connectivity index (χ4n) is 1.52. The van der Waals surface area contributed by atoms with Gasteiger partial charge in [0.15, 0.2) is 6.29 Å². The Morgan fingerprint density at radius 2 is 1.83 bits per heavy atom. The second kappa shape index (κ2) is 5.22. The minimum Gasteiger partial charge on any atom is -0.296 e. The highest BCUT2D eigenvalue weighted by molar-refractivity contribution is 6.45. The van der Waals surface area contributed by atoms with Crippen LogP contribution in [0.25, 0.3) is 11.1 Å². The summed E-state index contributed by atoms with van der Waals surface area (Å²) in [4.78, 5) is 14.4. The van der Waals surface area contributed by atoms with Crippen LogP contribution in [0.15, 0.2) is 24.3 Å². The molecule has 0 spiro atoms. The van der Waals surface area contributed by atoms with Gasteiger partial charge in [-0.3, -0.25) is 4.79 Å². The predicted molar refractivity (Wildman–Crippen MR) is 70.0 cm³/mol. The van der Waals surface area contributed by atoms with E-state index in [1.165, 1.54) is 18.2 Å². The van der Waals surface area contributed by atoms with Crippen molar-refractivity contribution in [1.29, 1.82) is 0 Å². The molecule has 0 aliphatic rings. The molecule has 0 radical (unpaired) electrons. The number of halogens is 4. The van der Waals surface area contributed by atoms with Crippen LogP contribution in [0, 0.1) is 5.95 Å². The van der Waals surface area contributed by atoms with E-state index in [4.69, 9.17) is 34.8 Å². The first-order valence-corrected chi connectivity index (χ1v) is 5.93. The van der Waals surface area contributed by atoms with Gasteiger partial charge in [-0.25, -0.2) is 4.98 Å². The maximum absolute atomic E-state index is 13.0. The molecule has 0 atom stereocenters. The number of hydrogen-bond donors (Lipinski definition) is 0. The van der Waals surface area contributed by atoms with E-state index in [2.05, 4.69) is 4.98 Å². The van der Waals surface area contributed by atoms with Gasteiger partial charge in [-0.1, -0.05) is 34.8 Å². The van der Waals surface area contributed by atoms with Crippen molar-refractivity contribution in [2.24, 2.45) is 0 Å². The summed E-state index contributed by atoms with van der Waals surface area (Å²) in [6.45, 7) is 0. The van der Waals surface area contributed by atoms with Gasteiger partial charge in [-0.05, 0) is 24.3 Å². The third kappa shape index (κ3) is 2.48. The molecule has 0 fully saturated rings. The second-order valence-electron chi connectivity index (χ2n) is 3.43. The molecule has 6 heteroatoms. The van der Waals surface area contributed by atoms with Crippen LogP contribution in [-0.4, -0.2) is 11.3 Å². The molecule has 0 N–H and O–H groups in total. The van der Waals surface area contributed by atoms with Gasteiger partial charge in [0, 0.05) is 16.1 Å². The maximum atomic E-state index is 13.0. The molecule has 0 unspecified atom stereocenters. The quantitative estimate of drug-likeness (QED) is 0.459. The van der Waals surface area contributed by atoms with E-state index in [0.29, 0.717) is 22.4 Å². The smallest absolute Gasteiger partial charge is 0.213 e. The molecule has 2 nitrogen and oxygen atoms in total. The average molecular weight is 305 g/mol. The molecule has 0 aliphatic carbocycles. The van der Waals surface area contributed by atoms with Gasteiger partial charge in [0.1, 0.15) is 5.69 Å². The van der Waals surface area contributed by atoms with Crippen molar-refractivity contribution in [3.63, 3.8) is 0 Å². The lowest BCUT2D eigenvalue weighted by Gasteiger charge is -2.08. The number of rotatable bonds is 2. The molecule has 0 amide bonds. The van der Waals surface area contributed by atoms with E-state index >= 15 is 0 Å². The second-order valence-corrected chi connectivity index (χ2v) is 4.66. The van der Waals surface area contributed by atoms with Gasteiger partial charge in [0.05, 0.1) is 10.0 Å². The Hall–Kier alpha value is -1.16. The van der Waals surface area contributed by atoms with Crippen LogP contribution in [0.5, 0.6) is 0 Å². The van der Waals surface area contributed by atoms with Crippen LogP contribution in [0.3, 0.4) is 0 Å². The van der Waals surface area contributed by atoms with Crippen molar-refractivity contribution in [2.75, 3.05) is 0 Å². The number of hydrogen-bond acceptors (Lipinski definition) is 2. The molecule has 0 saturated carbocycles. The highest BCUT2D eigenvalue weighted by atomic mass is 35.5. The summed E-state index contributed by atoms with van der Waals surface area (Å²) in [6.07, 6.45) is 0.448. The number of carbonyl (C=O) groups is 1. The summed E-state index contributed by atoms with van der Waals surface area (Å²) in [7, 11) is 0. The summed E-state index contributed by atoms with van der Waals surface area (Å²) in [5, 5.41) is 0.846. The normalized spacial score (nSPS) is 10.4. The highest BCUT2D eigenvalue weighted by Crippen LogP contribution is 2.37. The van der Waals surface area contributed by atoms with Crippen LogP contribution in [-0.2, 0) is 0 Å². The Morgan fingerprint density at radius 3 is 2.50 bits per heavy atom. The number of pyridine rings is 1. The van der Waals surface area contributed by atoms with Crippen molar-refractivity contribution < 1.29 is 9.18 Å². The predicted octanol–water partition coefficient (Wildman–Crippen LogP) is 4.66. The van der Waals surface area contributed by atoms with E-state index in [-0.39, 0.29) is 15.7 Å². The largest absolute Gasteiger partial charge is 0.296 e. The SMILES string of the molecule is O=Cc1nc(F)ccc1-c1cc(Cl)cc(Cl)c1Cl. The summed E-state index contributed by atoms with van der Waals surface area (Å²) in [5.41, 5.74) is 0.750. The molecule has 18 heavy (non-hydrogen) atoms. The third-order valence-electron chi connectivity index (χ3n) is 2.29. The lowest BCUT2D eigenvalue weighted by molar-refractivity contribution is 0.111. The summed E-state index contributed by atoms with van der Waals surface area (Å²) in [5.74, 6) is -0.745. The monoisotopic (exact) mass is 303 g/mol. The first-order valence-electron chi connectivity index (χ1n) is 4.79. The Balaban J connectivity index is 2.72. The number of aldehydes is 1. The Bertz CT molecular complexity index is 631. The average Bonchev–Trinajstić information content (AvgIpc) is 2.34.